The Hall–Kier alpha value is -1.62. The van der Waals surface area contributed by atoms with Crippen molar-refractivity contribution in [1.29, 1.82) is 0 Å². The molecular formula is C15H21FN2O2. The van der Waals surface area contributed by atoms with Gasteiger partial charge in [-0.05, 0) is 37.9 Å². The average molecular weight is 280 g/mol. The molecule has 0 aromatic heterocycles. The molecule has 1 aromatic rings. The lowest BCUT2D eigenvalue weighted by atomic mass is 9.91. The standard InChI is InChI=1S/C15H21FN2O2/c1-3-7-15(8-4-9-17-15)14(19)18-11-5-6-12(16)13(10-11)20-2/h5-6,10,17H,3-4,7-9H2,1-2H3,(H,18,19). The van der Waals surface area contributed by atoms with Crippen molar-refractivity contribution in [3.05, 3.63) is 24.0 Å². The summed E-state index contributed by atoms with van der Waals surface area (Å²) in [4.78, 5) is 12.5. The number of hydrogen-bond donors (Lipinski definition) is 2. The second-order valence-electron chi connectivity index (χ2n) is 5.17. The number of anilines is 1. The number of hydrogen-bond acceptors (Lipinski definition) is 3. The number of carbonyl (C=O) groups excluding carboxylic acids is 1. The first-order chi connectivity index (χ1) is 9.61. The molecule has 1 aliphatic rings. The number of nitrogens with one attached hydrogen (secondary N) is 2. The number of carbonyl (C=O) groups is 1. The van der Waals surface area contributed by atoms with Crippen LogP contribution in [0.3, 0.4) is 0 Å². The maximum Gasteiger partial charge on any atom is 0.244 e. The Morgan fingerprint density at radius 1 is 1.55 bits per heavy atom. The number of halogens is 1. The van der Waals surface area contributed by atoms with Gasteiger partial charge in [-0.3, -0.25) is 4.79 Å². The smallest absolute Gasteiger partial charge is 0.244 e. The summed E-state index contributed by atoms with van der Waals surface area (Å²) >= 11 is 0. The Bertz CT molecular complexity index is 485. The van der Waals surface area contributed by atoms with Crippen LogP contribution >= 0.6 is 0 Å². The van der Waals surface area contributed by atoms with Gasteiger partial charge in [0.05, 0.1) is 12.6 Å². The topological polar surface area (TPSA) is 50.4 Å². The molecule has 1 aromatic carbocycles. The van der Waals surface area contributed by atoms with Gasteiger partial charge in [-0.1, -0.05) is 13.3 Å². The summed E-state index contributed by atoms with van der Waals surface area (Å²) in [5.74, 6) is -0.356. The van der Waals surface area contributed by atoms with Gasteiger partial charge < -0.3 is 15.4 Å². The van der Waals surface area contributed by atoms with E-state index in [1.54, 1.807) is 6.07 Å². The van der Waals surface area contributed by atoms with Crippen LogP contribution in [0.1, 0.15) is 32.6 Å². The molecule has 1 fully saturated rings. The minimum atomic E-state index is -0.490. The zero-order chi connectivity index (χ0) is 14.6. The minimum absolute atomic E-state index is 0.0505. The molecule has 1 amide bonds. The fourth-order valence-corrected chi connectivity index (χ4v) is 2.74. The Morgan fingerprint density at radius 2 is 2.35 bits per heavy atom. The Morgan fingerprint density at radius 3 is 2.95 bits per heavy atom. The van der Waals surface area contributed by atoms with E-state index in [4.69, 9.17) is 4.74 Å². The van der Waals surface area contributed by atoms with E-state index in [1.165, 1.54) is 19.2 Å². The van der Waals surface area contributed by atoms with E-state index in [2.05, 4.69) is 17.6 Å². The molecule has 1 unspecified atom stereocenters. The van der Waals surface area contributed by atoms with Crippen LogP contribution in [0.15, 0.2) is 18.2 Å². The summed E-state index contributed by atoms with van der Waals surface area (Å²) in [7, 11) is 1.40. The second kappa shape index (κ2) is 6.22. The lowest BCUT2D eigenvalue weighted by Gasteiger charge is -2.27. The summed E-state index contributed by atoms with van der Waals surface area (Å²) in [6.07, 6.45) is 3.58. The normalized spacial score (nSPS) is 21.8. The summed E-state index contributed by atoms with van der Waals surface area (Å²) in [5.41, 5.74) is 0.0635. The van der Waals surface area contributed by atoms with Crippen LogP contribution in [0.2, 0.25) is 0 Å². The molecule has 5 heteroatoms. The van der Waals surface area contributed by atoms with Crippen LogP contribution in [0.25, 0.3) is 0 Å². The molecule has 4 nitrogen and oxygen atoms in total. The van der Waals surface area contributed by atoms with E-state index < -0.39 is 11.4 Å². The molecule has 2 rings (SSSR count). The maximum atomic E-state index is 13.4. The van der Waals surface area contributed by atoms with E-state index in [1.807, 2.05) is 0 Å². The van der Waals surface area contributed by atoms with Gasteiger partial charge in [-0.2, -0.15) is 0 Å². The van der Waals surface area contributed by atoms with Gasteiger partial charge in [-0.15, -0.1) is 0 Å². The van der Waals surface area contributed by atoms with Crippen LogP contribution in [0.5, 0.6) is 5.75 Å². The Kier molecular flexibility index (Phi) is 4.60. The first kappa shape index (κ1) is 14.8. The van der Waals surface area contributed by atoms with E-state index in [0.29, 0.717) is 5.69 Å². The lowest BCUT2D eigenvalue weighted by molar-refractivity contribution is -0.122. The van der Waals surface area contributed by atoms with Gasteiger partial charge in [0.25, 0.3) is 0 Å². The molecular weight excluding hydrogens is 259 g/mol. The van der Waals surface area contributed by atoms with Crippen molar-refractivity contribution in [2.45, 2.75) is 38.1 Å². The highest BCUT2D eigenvalue weighted by molar-refractivity contribution is 5.98. The first-order valence-electron chi connectivity index (χ1n) is 7.01. The second-order valence-corrected chi connectivity index (χ2v) is 5.17. The molecule has 0 bridgehead atoms. The van der Waals surface area contributed by atoms with Gasteiger partial charge in [0.15, 0.2) is 11.6 Å². The van der Waals surface area contributed by atoms with Crippen LogP contribution in [0.4, 0.5) is 10.1 Å². The van der Waals surface area contributed by atoms with Gasteiger partial charge in [0, 0.05) is 11.8 Å². The number of benzene rings is 1. The van der Waals surface area contributed by atoms with Crippen molar-refractivity contribution >= 4 is 11.6 Å². The highest BCUT2D eigenvalue weighted by Crippen LogP contribution is 2.28. The zero-order valence-corrected chi connectivity index (χ0v) is 12.0. The average Bonchev–Trinajstić information content (AvgIpc) is 2.91. The molecule has 0 spiro atoms. The van der Waals surface area contributed by atoms with Gasteiger partial charge in [-0.25, -0.2) is 4.39 Å². The quantitative estimate of drug-likeness (QED) is 0.872. The van der Waals surface area contributed by atoms with Crippen LogP contribution in [-0.2, 0) is 4.79 Å². The summed E-state index contributed by atoms with van der Waals surface area (Å²) in [6, 6.07) is 4.34. The minimum Gasteiger partial charge on any atom is -0.494 e. The summed E-state index contributed by atoms with van der Waals surface area (Å²) in [5, 5.41) is 6.18. The van der Waals surface area contributed by atoms with Gasteiger partial charge >= 0.3 is 0 Å². The molecule has 0 aliphatic carbocycles. The fraction of sp³-hybridized carbons (Fsp3) is 0.533. The SMILES string of the molecule is CCCC1(C(=O)Nc2ccc(F)c(OC)c2)CCCN1. The van der Waals surface area contributed by atoms with Gasteiger partial charge in [0.1, 0.15) is 0 Å². The number of ether oxygens (including phenoxy) is 1. The number of rotatable bonds is 5. The zero-order valence-electron chi connectivity index (χ0n) is 12.0. The van der Waals surface area contributed by atoms with Crippen molar-refractivity contribution in [3.8, 4) is 5.75 Å². The van der Waals surface area contributed by atoms with E-state index in [0.717, 1.165) is 32.2 Å². The predicted molar refractivity (Wildman–Crippen MR) is 76.5 cm³/mol. The Balaban J connectivity index is 2.14. The summed E-state index contributed by atoms with van der Waals surface area (Å²) in [6.45, 7) is 2.93. The molecule has 0 saturated carbocycles. The molecule has 110 valence electrons. The predicted octanol–water partition coefficient (Wildman–Crippen LogP) is 2.70. The molecule has 1 heterocycles. The van der Waals surface area contributed by atoms with Crippen molar-refractivity contribution < 1.29 is 13.9 Å². The maximum absolute atomic E-state index is 13.4. The third kappa shape index (κ3) is 2.93. The molecule has 0 radical (unpaired) electrons. The molecule has 20 heavy (non-hydrogen) atoms. The van der Waals surface area contributed by atoms with Crippen LogP contribution in [-0.4, -0.2) is 25.1 Å². The van der Waals surface area contributed by atoms with Gasteiger partial charge in [0.2, 0.25) is 5.91 Å². The van der Waals surface area contributed by atoms with Crippen LogP contribution in [0, 0.1) is 5.82 Å². The summed E-state index contributed by atoms with van der Waals surface area (Å²) < 4.78 is 18.3. The van der Waals surface area contributed by atoms with E-state index in [-0.39, 0.29) is 11.7 Å². The Labute approximate surface area is 118 Å². The highest BCUT2D eigenvalue weighted by Gasteiger charge is 2.39. The third-order valence-corrected chi connectivity index (χ3v) is 3.76. The lowest BCUT2D eigenvalue weighted by Crippen LogP contribution is -2.50. The van der Waals surface area contributed by atoms with Crippen molar-refractivity contribution in [2.24, 2.45) is 0 Å². The molecule has 1 aliphatic heterocycles. The highest BCUT2D eigenvalue weighted by atomic mass is 19.1. The molecule has 1 atom stereocenters. The first-order valence-corrected chi connectivity index (χ1v) is 7.01. The number of amides is 1. The van der Waals surface area contributed by atoms with Crippen molar-refractivity contribution in [2.75, 3.05) is 19.0 Å². The molecule has 1 saturated heterocycles. The fourth-order valence-electron chi connectivity index (χ4n) is 2.74. The van der Waals surface area contributed by atoms with E-state index in [9.17, 15) is 9.18 Å². The largest absolute Gasteiger partial charge is 0.494 e. The van der Waals surface area contributed by atoms with Crippen molar-refractivity contribution in [1.82, 2.24) is 5.32 Å². The monoisotopic (exact) mass is 280 g/mol. The van der Waals surface area contributed by atoms with Crippen molar-refractivity contribution in [3.63, 3.8) is 0 Å². The van der Waals surface area contributed by atoms with E-state index >= 15 is 0 Å². The third-order valence-electron chi connectivity index (χ3n) is 3.76. The number of methoxy groups -OCH3 is 1. The van der Waals surface area contributed by atoms with Crippen LogP contribution < -0.4 is 15.4 Å². The molecule has 2 N–H and O–H groups in total.